The van der Waals surface area contributed by atoms with Gasteiger partial charge in [-0.1, -0.05) is 13.8 Å². The van der Waals surface area contributed by atoms with Gasteiger partial charge >= 0.3 is 0 Å². The fraction of sp³-hybridized carbons (Fsp3) is 0.733. The molecule has 0 spiro atoms. The second-order valence-corrected chi connectivity index (χ2v) is 7.85. The molecule has 21 heavy (non-hydrogen) atoms. The maximum absolute atomic E-state index is 12.5. The zero-order valence-corrected chi connectivity index (χ0v) is 14.0. The molecule has 0 atom stereocenters. The van der Waals surface area contributed by atoms with Crippen LogP contribution in [-0.4, -0.2) is 25.6 Å². The molecule has 6 heteroatoms. The quantitative estimate of drug-likeness (QED) is 0.844. The number of aryl methyl sites for hydroxylation is 1. The lowest BCUT2D eigenvalue weighted by Crippen LogP contribution is -2.37. The van der Waals surface area contributed by atoms with Crippen LogP contribution in [0, 0.1) is 5.92 Å². The second kappa shape index (κ2) is 6.94. The van der Waals surface area contributed by atoms with E-state index in [0.29, 0.717) is 17.4 Å². The Morgan fingerprint density at radius 1 is 1.29 bits per heavy atom. The van der Waals surface area contributed by atoms with Gasteiger partial charge in [0.25, 0.3) is 0 Å². The molecule has 0 amide bonds. The number of nitrogens with zero attached hydrogens (tertiary/aromatic N) is 1. The van der Waals surface area contributed by atoms with E-state index in [1.54, 1.807) is 12.3 Å². The van der Waals surface area contributed by atoms with Crippen molar-refractivity contribution in [2.75, 3.05) is 6.54 Å². The van der Waals surface area contributed by atoms with Gasteiger partial charge in [-0.05, 0) is 44.2 Å². The fourth-order valence-corrected chi connectivity index (χ4v) is 4.22. The molecule has 2 N–H and O–H groups in total. The lowest BCUT2D eigenvalue weighted by atomic mass is 9.88. The Hall–Kier alpha value is -0.850. The van der Waals surface area contributed by atoms with E-state index in [1.165, 1.54) is 0 Å². The average Bonchev–Trinajstić information content (AvgIpc) is 2.81. The SMILES string of the molecule is CCNCc1cc(S(=O)(=O)NC2CCC(C)CC2)cn1C. The molecule has 0 bridgehead atoms. The van der Waals surface area contributed by atoms with Crippen LogP contribution in [0.4, 0.5) is 0 Å². The van der Waals surface area contributed by atoms with Crippen LogP contribution in [0.25, 0.3) is 0 Å². The van der Waals surface area contributed by atoms with E-state index in [4.69, 9.17) is 0 Å². The van der Waals surface area contributed by atoms with Crippen LogP contribution in [0.1, 0.15) is 45.2 Å². The molecule has 1 aromatic heterocycles. The van der Waals surface area contributed by atoms with Crippen molar-refractivity contribution in [3.63, 3.8) is 0 Å². The van der Waals surface area contributed by atoms with Crippen molar-refractivity contribution >= 4 is 10.0 Å². The fourth-order valence-electron chi connectivity index (χ4n) is 2.82. The molecule has 1 fully saturated rings. The maximum atomic E-state index is 12.5. The highest BCUT2D eigenvalue weighted by atomic mass is 32.2. The topological polar surface area (TPSA) is 63.1 Å². The smallest absolute Gasteiger partial charge is 0.242 e. The van der Waals surface area contributed by atoms with Crippen molar-refractivity contribution in [1.82, 2.24) is 14.6 Å². The molecule has 0 unspecified atom stereocenters. The molecule has 0 aromatic carbocycles. The molecular formula is C15H27N3O2S. The number of hydrogen-bond acceptors (Lipinski definition) is 3. The van der Waals surface area contributed by atoms with Crippen LogP contribution in [0.2, 0.25) is 0 Å². The molecular weight excluding hydrogens is 286 g/mol. The normalized spacial score (nSPS) is 23.4. The first kappa shape index (κ1) is 16.5. The molecule has 1 aliphatic carbocycles. The van der Waals surface area contributed by atoms with E-state index in [-0.39, 0.29) is 6.04 Å². The molecule has 5 nitrogen and oxygen atoms in total. The van der Waals surface area contributed by atoms with E-state index in [1.807, 2.05) is 18.5 Å². The molecule has 120 valence electrons. The summed E-state index contributed by atoms with van der Waals surface area (Å²) >= 11 is 0. The van der Waals surface area contributed by atoms with Crippen molar-refractivity contribution < 1.29 is 8.42 Å². The molecule has 1 aromatic rings. The Kier molecular flexibility index (Phi) is 5.46. The van der Waals surface area contributed by atoms with Gasteiger partial charge in [0.2, 0.25) is 10.0 Å². The first-order chi connectivity index (χ1) is 9.92. The summed E-state index contributed by atoms with van der Waals surface area (Å²) in [6.07, 6.45) is 5.79. The molecule has 0 aliphatic heterocycles. The molecule has 1 saturated carbocycles. The number of aromatic nitrogens is 1. The van der Waals surface area contributed by atoms with Gasteiger partial charge in [-0.3, -0.25) is 0 Å². The predicted molar refractivity (Wildman–Crippen MR) is 84.5 cm³/mol. The number of sulfonamides is 1. The second-order valence-electron chi connectivity index (χ2n) is 6.14. The van der Waals surface area contributed by atoms with Gasteiger partial charge in [0.15, 0.2) is 0 Å². The zero-order valence-electron chi connectivity index (χ0n) is 13.2. The maximum Gasteiger partial charge on any atom is 0.242 e. The van der Waals surface area contributed by atoms with Crippen molar-refractivity contribution in [1.29, 1.82) is 0 Å². The standard InChI is InChI=1S/C15H27N3O2S/c1-4-16-10-14-9-15(11-18(14)3)21(19,20)17-13-7-5-12(2)6-8-13/h9,11-13,16-17H,4-8,10H2,1-3H3. The highest BCUT2D eigenvalue weighted by Crippen LogP contribution is 2.25. The lowest BCUT2D eigenvalue weighted by molar-refractivity contribution is 0.332. The molecule has 1 heterocycles. The summed E-state index contributed by atoms with van der Waals surface area (Å²) in [6, 6.07) is 1.85. The van der Waals surface area contributed by atoms with Gasteiger partial charge in [0, 0.05) is 31.5 Å². The van der Waals surface area contributed by atoms with Crippen molar-refractivity contribution in [2.45, 2.75) is 57.0 Å². The molecule has 0 radical (unpaired) electrons. The largest absolute Gasteiger partial charge is 0.352 e. The van der Waals surface area contributed by atoms with Gasteiger partial charge in [-0.2, -0.15) is 0 Å². The first-order valence-electron chi connectivity index (χ1n) is 7.80. The predicted octanol–water partition coefficient (Wildman–Crippen LogP) is 1.99. The van der Waals surface area contributed by atoms with Crippen LogP contribution in [-0.2, 0) is 23.6 Å². The van der Waals surface area contributed by atoms with E-state index >= 15 is 0 Å². The highest BCUT2D eigenvalue weighted by molar-refractivity contribution is 7.89. The third-order valence-corrected chi connectivity index (χ3v) is 5.77. The zero-order chi connectivity index (χ0) is 15.5. The number of hydrogen-bond donors (Lipinski definition) is 2. The number of rotatable bonds is 6. The van der Waals surface area contributed by atoms with Crippen molar-refractivity contribution in [3.8, 4) is 0 Å². The van der Waals surface area contributed by atoms with Gasteiger partial charge in [-0.15, -0.1) is 0 Å². The summed E-state index contributed by atoms with van der Waals surface area (Å²) in [5, 5.41) is 3.22. The minimum Gasteiger partial charge on any atom is -0.352 e. The Morgan fingerprint density at radius 3 is 2.57 bits per heavy atom. The highest BCUT2D eigenvalue weighted by Gasteiger charge is 2.25. The lowest BCUT2D eigenvalue weighted by Gasteiger charge is -2.26. The summed E-state index contributed by atoms with van der Waals surface area (Å²) in [5.41, 5.74) is 0.981. The summed E-state index contributed by atoms with van der Waals surface area (Å²) in [6.45, 7) is 5.82. The Bertz CT molecular complexity index is 557. The Labute approximate surface area is 128 Å². The van der Waals surface area contributed by atoms with Gasteiger partial charge in [0.05, 0.1) is 4.90 Å². The van der Waals surface area contributed by atoms with E-state index in [0.717, 1.165) is 37.9 Å². The third kappa shape index (κ3) is 4.31. The van der Waals surface area contributed by atoms with Crippen LogP contribution in [0.15, 0.2) is 17.2 Å². The minimum atomic E-state index is -3.40. The summed E-state index contributed by atoms with van der Waals surface area (Å²) < 4.78 is 29.7. The Balaban J connectivity index is 2.05. The monoisotopic (exact) mass is 313 g/mol. The van der Waals surface area contributed by atoms with Crippen LogP contribution in [0.3, 0.4) is 0 Å². The third-order valence-electron chi connectivity index (χ3n) is 4.29. The van der Waals surface area contributed by atoms with Crippen LogP contribution < -0.4 is 10.0 Å². The van der Waals surface area contributed by atoms with Gasteiger partial charge in [-0.25, -0.2) is 13.1 Å². The Morgan fingerprint density at radius 2 is 1.95 bits per heavy atom. The first-order valence-corrected chi connectivity index (χ1v) is 9.29. The summed E-state index contributed by atoms with van der Waals surface area (Å²) in [4.78, 5) is 0.372. The number of nitrogens with one attached hydrogen (secondary N) is 2. The van der Waals surface area contributed by atoms with E-state index in [2.05, 4.69) is 17.0 Å². The van der Waals surface area contributed by atoms with Crippen molar-refractivity contribution in [2.24, 2.45) is 13.0 Å². The minimum absolute atomic E-state index is 0.0867. The van der Waals surface area contributed by atoms with Gasteiger partial charge in [0.1, 0.15) is 0 Å². The molecule has 2 rings (SSSR count). The molecule has 0 saturated heterocycles. The van der Waals surface area contributed by atoms with Crippen LogP contribution >= 0.6 is 0 Å². The summed E-state index contributed by atoms with van der Waals surface area (Å²) in [7, 11) is -1.52. The molecule has 1 aliphatic rings. The van der Waals surface area contributed by atoms with Crippen LogP contribution in [0.5, 0.6) is 0 Å². The summed E-state index contributed by atoms with van der Waals surface area (Å²) in [5.74, 6) is 0.717. The van der Waals surface area contributed by atoms with E-state index in [9.17, 15) is 8.42 Å². The van der Waals surface area contributed by atoms with E-state index < -0.39 is 10.0 Å². The van der Waals surface area contributed by atoms with Crippen molar-refractivity contribution in [3.05, 3.63) is 18.0 Å². The van der Waals surface area contributed by atoms with Gasteiger partial charge < -0.3 is 9.88 Å². The average molecular weight is 313 g/mol.